The highest BCUT2D eigenvalue weighted by Crippen LogP contribution is 2.24. The fraction of sp³-hybridized carbons (Fsp3) is 0.273. The van der Waals surface area contributed by atoms with E-state index in [-0.39, 0.29) is 0 Å². The number of halogens is 1. The van der Waals surface area contributed by atoms with Crippen LogP contribution in [0.15, 0.2) is 54.1 Å². The minimum Gasteiger partial charge on any atom is -0.494 e. The van der Waals surface area contributed by atoms with Crippen LogP contribution in [0, 0.1) is 11.8 Å². The summed E-state index contributed by atoms with van der Waals surface area (Å²) in [4.78, 5) is 0. The van der Waals surface area contributed by atoms with Crippen LogP contribution < -0.4 is 14.2 Å². The summed E-state index contributed by atoms with van der Waals surface area (Å²) in [6.07, 6.45) is 1.92. The standard InChI is InChI=1S/C22H23ClO3/c1-4-24-19-14-18(15-20(16-19)25-5-2)11-10-17(3)12-13-26-22-9-7-6-8-21(22)23/h6-9,12,14-16H,4-5,13H2,1-3H3. The highest BCUT2D eigenvalue weighted by molar-refractivity contribution is 6.32. The van der Waals surface area contributed by atoms with Gasteiger partial charge in [-0.1, -0.05) is 35.6 Å². The Labute approximate surface area is 160 Å². The number of allylic oxidation sites excluding steroid dienone is 1. The maximum Gasteiger partial charge on any atom is 0.138 e. The van der Waals surface area contributed by atoms with Crippen LogP contribution in [-0.2, 0) is 0 Å². The molecule has 4 heteroatoms. The van der Waals surface area contributed by atoms with Crippen LogP contribution in [0.1, 0.15) is 26.3 Å². The summed E-state index contributed by atoms with van der Waals surface area (Å²) in [5.41, 5.74) is 1.76. The van der Waals surface area contributed by atoms with Gasteiger partial charge in [0.15, 0.2) is 0 Å². The third kappa shape index (κ3) is 6.38. The Morgan fingerprint density at radius 1 is 1.00 bits per heavy atom. The molecule has 136 valence electrons. The first kappa shape index (κ1) is 19.8. The van der Waals surface area contributed by atoms with Gasteiger partial charge in [0, 0.05) is 11.6 Å². The lowest BCUT2D eigenvalue weighted by Gasteiger charge is -2.08. The van der Waals surface area contributed by atoms with Gasteiger partial charge in [-0.25, -0.2) is 0 Å². The number of ether oxygens (including phenoxy) is 3. The number of para-hydroxylation sites is 1. The Balaban J connectivity index is 2.05. The van der Waals surface area contributed by atoms with E-state index in [0.717, 1.165) is 22.6 Å². The minimum absolute atomic E-state index is 0.410. The van der Waals surface area contributed by atoms with Crippen LogP contribution in [0.2, 0.25) is 5.02 Å². The van der Waals surface area contributed by atoms with Crippen molar-refractivity contribution in [2.45, 2.75) is 20.8 Å². The van der Waals surface area contributed by atoms with Gasteiger partial charge in [0.25, 0.3) is 0 Å². The molecule has 0 bridgehead atoms. The summed E-state index contributed by atoms with van der Waals surface area (Å²) < 4.78 is 16.8. The van der Waals surface area contributed by atoms with Crippen molar-refractivity contribution < 1.29 is 14.2 Å². The first-order valence-corrected chi connectivity index (χ1v) is 8.97. The SMILES string of the molecule is CCOc1cc(C#CC(C)=CCOc2ccccc2Cl)cc(OCC)c1. The van der Waals surface area contributed by atoms with Crippen LogP contribution in [0.3, 0.4) is 0 Å². The fourth-order valence-corrected chi connectivity index (χ4v) is 2.37. The highest BCUT2D eigenvalue weighted by Gasteiger charge is 2.01. The number of hydrogen-bond donors (Lipinski definition) is 0. The Hall–Kier alpha value is -2.57. The molecule has 0 N–H and O–H groups in total. The molecule has 3 nitrogen and oxygen atoms in total. The van der Waals surface area contributed by atoms with Crippen molar-refractivity contribution in [3.8, 4) is 29.1 Å². The quantitative estimate of drug-likeness (QED) is 0.601. The lowest BCUT2D eigenvalue weighted by molar-refractivity contribution is 0.323. The molecule has 0 spiro atoms. The van der Waals surface area contributed by atoms with Crippen LogP contribution in [0.25, 0.3) is 0 Å². The van der Waals surface area contributed by atoms with E-state index in [1.54, 1.807) is 6.07 Å². The van der Waals surface area contributed by atoms with Crippen molar-refractivity contribution in [3.63, 3.8) is 0 Å². The first-order chi connectivity index (χ1) is 12.6. The normalized spacial score (nSPS) is 10.7. The highest BCUT2D eigenvalue weighted by atomic mass is 35.5. The van der Waals surface area contributed by atoms with Crippen molar-refractivity contribution in [2.24, 2.45) is 0 Å². The molecular weight excluding hydrogens is 348 g/mol. The molecule has 0 atom stereocenters. The van der Waals surface area contributed by atoms with Crippen LogP contribution in [-0.4, -0.2) is 19.8 Å². The van der Waals surface area contributed by atoms with Crippen molar-refractivity contribution in [1.29, 1.82) is 0 Å². The molecule has 0 heterocycles. The predicted octanol–water partition coefficient (Wildman–Crippen LogP) is 5.51. The van der Waals surface area contributed by atoms with Crippen molar-refractivity contribution >= 4 is 11.6 Å². The average molecular weight is 371 g/mol. The topological polar surface area (TPSA) is 27.7 Å². The summed E-state index contributed by atoms with van der Waals surface area (Å²) in [6, 6.07) is 13.1. The van der Waals surface area contributed by atoms with E-state index in [9.17, 15) is 0 Å². The van der Waals surface area contributed by atoms with Gasteiger partial charge in [-0.05, 0) is 56.7 Å². The smallest absolute Gasteiger partial charge is 0.138 e. The number of rotatable bonds is 7. The molecule has 0 fully saturated rings. The fourth-order valence-electron chi connectivity index (χ4n) is 2.18. The summed E-state index contributed by atoms with van der Waals surface area (Å²) in [5.74, 6) is 8.44. The van der Waals surface area contributed by atoms with Crippen molar-refractivity contribution in [1.82, 2.24) is 0 Å². The summed E-state index contributed by atoms with van der Waals surface area (Å²) in [5, 5.41) is 0.598. The molecule has 0 aromatic heterocycles. The molecule has 2 rings (SSSR count). The van der Waals surface area contributed by atoms with Crippen molar-refractivity contribution in [2.75, 3.05) is 19.8 Å². The van der Waals surface area contributed by atoms with E-state index in [1.807, 2.05) is 63.2 Å². The molecule has 0 amide bonds. The third-order valence-corrected chi connectivity index (χ3v) is 3.68. The zero-order valence-corrected chi connectivity index (χ0v) is 16.1. The van der Waals surface area contributed by atoms with E-state index >= 15 is 0 Å². The van der Waals surface area contributed by atoms with Crippen LogP contribution in [0.4, 0.5) is 0 Å². The summed E-state index contributed by atoms with van der Waals surface area (Å²) >= 11 is 6.06. The van der Waals surface area contributed by atoms with Crippen LogP contribution >= 0.6 is 11.6 Å². The maximum atomic E-state index is 6.06. The zero-order valence-electron chi connectivity index (χ0n) is 15.3. The zero-order chi connectivity index (χ0) is 18.8. The molecule has 0 unspecified atom stereocenters. The van der Waals surface area contributed by atoms with Crippen LogP contribution in [0.5, 0.6) is 17.2 Å². The Kier molecular flexibility index (Phi) is 7.92. The molecule has 0 aliphatic heterocycles. The molecule has 0 saturated carbocycles. The second-order valence-corrected chi connectivity index (χ2v) is 5.84. The van der Waals surface area contributed by atoms with E-state index in [0.29, 0.717) is 30.6 Å². The lowest BCUT2D eigenvalue weighted by atomic mass is 10.2. The van der Waals surface area contributed by atoms with Gasteiger partial charge in [-0.2, -0.15) is 0 Å². The minimum atomic E-state index is 0.410. The van der Waals surface area contributed by atoms with Gasteiger partial charge in [0.05, 0.1) is 18.2 Å². The molecule has 0 aliphatic rings. The van der Waals surface area contributed by atoms with Gasteiger partial charge in [-0.15, -0.1) is 0 Å². The number of benzene rings is 2. The van der Waals surface area contributed by atoms with E-state index in [2.05, 4.69) is 11.8 Å². The second kappa shape index (κ2) is 10.4. The van der Waals surface area contributed by atoms with E-state index in [1.165, 1.54) is 0 Å². The van der Waals surface area contributed by atoms with E-state index in [4.69, 9.17) is 25.8 Å². The summed E-state index contributed by atoms with van der Waals surface area (Å²) in [6.45, 7) is 7.45. The third-order valence-electron chi connectivity index (χ3n) is 3.37. The lowest BCUT2D eigenvalue weighted by Crippen LogP contribution is -1.96. The van der Waals surface area contributed by atoms with Gasteiger partial charge in [0.2, 0.25) is 0 Å². The molecule has 0 radical (unpaired) electrons. The van der Waals surface area contributed by atoms with Gasteiger partial charge >= 0.3 is 0 Å². The average Bonchev–Trinajstić information content (AvgIpc) is 2.62. The Bertz CT molecular complexity index is 791. The van der Waals surface area contributed by atoms with Gasteiger partial charge < -0.3 is 14.2 Å². The van der Waals surface area contributed by atoms with E-state index < -0.39 is 0 Å². The molecule has 2 aromatic carbocycles. The Morgan fingerprint density at radius 3 is 2.27 bits per heavy atom. The molecule has 2 aromatic rings. The van der Waals surface area contributed by atoms with Crippen molar-refractivity contribution in [3.05, 3.63) is 64.7 Å². The second-order valence-electron chi connectivity index (χ2n) is 5.44. The molecule has 0 aliphatic carbocycles. The first-order valence-electron chi connectivity index (χ1n) is 8.59. The van der Waals surface area contributed by atoms with Gasteiger partial charge in [0.1, 0.15) is 23.9 Å². The molecule has 0 saturated heterocycles. The van der Waals surface area contributed by atoms with Gasteiger partial charge in [-0.3, -0.25) is 0 Å². The Morgan fingerprint density at radius 2 is 1.65 bits per heavy atom. The summed E-state index contributed by atoms with van der Waals surface area (Å²) in [7, 11) is 0. The monoisotopic (exact) mass is 370 g/mol. The largest absolute Gasteiger partial charge is 0.494 e. The molecule has 26 heavy (non-hydrogen) atoms. The maximum absolute atomic E-state index is 6.06. The number of hydrogen-bond acceptors (Lipinski definition) is 3. The molecular formula is C22H23ClO3. The predicted molar refractivity (Wildman–Crippen MR) is 106 cm³/mol.